The number of imidazole rings is 1. The highest BCUT2D eigenvalue weighted by Gasteiger charge is 2.54. The van der Waals surface area contributed by atoms with Crippen LogP contribution in [0.2, 0.25) is 0 Å². The predicted molar refractivity (Wildman–Crippen MR) is 138 cm³/mol. The number of anilines is 2. The highest BCUT2D eigenvalue weighted by molar-refractivity contribution is 8.09. The van der Waals surface area contributed by atoms with E-state index in [9.17, 15) is 19.9 Å². The Balaban J connectivity index is 1.23. The number of nitrogens with zero attached hydrogens (tertiary/aromatic N) is 7. The number of aliphatic hydroxyl groups excluding tert-OH is 2. The Bertz CT molecular complexity index is 1680. The molecule has 40 heavy (non-hydrogen) atoms. The molecule has 0 radical (unpaired) electrons. The van der Waals surface area contributed by atoms with E-state index in [1.807, 2.05) is 0 Å². The Morgan fingerprint density at radius 3 is 2.83 bits per heavy atom. The van der Waals surface area contributed by atoms with Gasteiger partial charge >= 0.3 is 0 Å². The Morgan fingerprint density at radius 1 is 1.25 bits per heavy atom. The summed E-state index contributed by atoms with van der Waals surface area (Å²) in [6.45, 7) is -5.16. The first-order valence-corrected chi connectivity index (χ1v) is 14.7. The molecule has 1 unspecified atom stereocenters. The van der Waals surface area contributed by atoms with Gasteiger partial charge in [0, 0.05) is 12.0 Å². The first-order chi connectivity index (χ1) is 19.1. The van der Waals surface area contributed by atoms with E-state index in [1.165, 1.54) is 27.9 Å². The number of rotatable bonds is 7. The lowest BCUT2D eigenvalue weighted by atomic mass is 10.1. The summed E-state index contributed by atoms with van der Waals surface area (Å²) in [4.78, 5) is 41.9. The van der Waals surface area contributed by atoms with Gasteiger partial charge < -0.3 is 40.6 Å². The van der Waals surface area contributed by atoms with Crippen molar-refractivity contribution in [2.24, 2.45) is 0 Å². The minimum Gasteiger partial charge on any atom is -0.394 e. The van der Waals surface area contributed by atoms with Crippen LogP contribution in [0.3, 0.4) is 0 Å². The topological polar surface area (TPSA) is 247 Å². The number of halogens is 1. The van der Waals surface area contributed by atoms with Crippen LogP contribution in [0, 0.1) is 0 Å². The Labute approximate surface area is 228 Å². The van der Waals surface area contributed by atoms with E-state index >= 15 is 4.39 Å². The van der Waals surface area contributed by atoms with Crippen molar-refractivity contribution >= 4 is 47.0 Å². The van der Waals surface area contributed by atoms with Gasteiger partial charge in [0.05, 0.1) is 37.9 Å². The standard InChI is InChI=1S/C20H24FN10O7PS/c21-12-10(3-32)38-18(30-6-26-13-16(30)28-19(22)29-17(13)34)14(12)39(35,40)36-4-11-8(33)1-9(37-11)7-2-27-31-15(7)24-5-25-20(31)23/h2,5-6,8-12,14,18,32-33H,1,3-4H2,(H,35,40)(H2,23,24,25)(H3,22,28,29,34)/t8-,9+,10+,11+,12+,14+,18+,39?/m0/s1. The number of nitrogen functional groups attached to an aromatic ring is 2. The number of nitrogens with one attached hydrogen (secondary N) is 1. The molecule has 2 aliphatic heterocycles. The van der Waals surface area contributed by atoms with Crippen LogP contribution in [0.25, 0.3) is 16.8 Å². The third-order valence-electron chi connectivity index (χ3n) is 6.92. The summed E-state index contributed by atoms with van der Waals surface area (Å²) in [7, 11) is 0. The summed E-state index contributed by atoms with van der Waals surface area (Å²) in [5.41, 5.74) is 10.2. The number of nitrogens with two attached hydrogens (primary N) is 2. The van der Waals surface area contributed by atoms with Crippen LogP contribution >= 0.6 is 6.49 Å². The van der Waals surface area contributed by atoms with Gasteiger partial charge in [-0.3, -0.25) is 14.3 Å². The summed E-state index contributed by atoms with van der Waals surface area (Å²) in [5, 5.41) is 24.5. The third-order valence-corrected chi connectivity index (χ3v) is 9.78. The molecule has 2 saturated heterocycles. The zero-order chi connectivity index (χ0) is 28.3. The van der Waals surface area contributed by atoms with Gasteiger partial charge in [-0.25, -0.2) is 19.3 Å². The van der Waals surface area contributed by atoms with Gasteiger partial charge in [-0.1, -0.05) is 0 Å². The number of fused-ring (bicyclic) bond motifs is 2. The summed E-state index contributed by atoms with van der Waals surface area (Å²) in [5.74, 6) is -0.0923. The zero-order valence-corrected chi connectivity index (χ0v) is 22.1. The molecule has 0 saturated carbocycles. The molecular formula is C20H24FN10O7PS. The monoisotopic (exact) mass is 598 g/mol. The van der Waals surface area contributed by atoms with Crippen molar-refractivity contribution in [2.75, 3.05) is 24.7 Å². The van der Waals surface area contributed by atoms with E-state index in [-0.39, 0.29) is 36.1 Å². The van der Waals surface area contributed by atoms with Crippen molar-refractivity contribution in [2.45, 2.75) is 48.9 Å². The van der Waals surface area contributed by atoms with E-state index in [1.54, 1.807) is 0 Å². The number of hydrogen-bond acceptors (Lipinski definition) is 14. The van der Waals surface area contributed by atoms with Gasteiger partial charge in [0.25, 0.3) is 5.56 Å². The minimum absolute atomic E-state index is 0.0349. The first kappa shape index (κ1) is 27.0. The van der Waals surface area contributed by atoms with Crippen molar-refractivity contribution in [3.05, 3.63) is 34.8 Å². The SMILES string of the molecule is Nc1nc2c(ncn2[C@@H]2O[C@H](CO)[C@@H](F)[C@H]2P(O)(=S)OC[C@H]2O[C@@H](c3cnn4c(N)ncnc34)C[C@@H]2O)c(=O)[nH]1. The molecule has 0 amide bonds. The van der Waals surface area contributed by atoms with E-state index in [2.05, 4.69) is 30.0 Å². The molecule has 4 aromatic heterocycles. The molecule has 17 nitrogen and oxygen atoms in total. The number of alkyl halides is 1. The van der Waals surface area contributed by atoms with Gasteiger partial charge in [0.1, 0.15) is 30.4 Å². The summed E-state index contributed by atoms with van der Waals surface area (Å²) >= 11 is 5.38. The Morgan fingerprint density at radius 2 is 2.05 bits per heavy atom. The quantitative estimate of drug-likeness (QED) is 0.133. The number of aromatic amines is 1. The molecule has 6 heterocycles. The third kappa shape index (κ3) is 4.44. The average Bonchev–Trinajstić information content (AvgIpc) is 3.67. The lowest BCUT2D eigenvalue weighted by molar-refractivity contribution is -0.0330. The van der Waals surface area contributed by atoms with Crippen molar-refractivity contribution in [3.8, 4) is 0 Å². The van der Waals surface area contributed by atoms with Crippen LogP contribution in [0.5, 0.6) is 0 Å². The van der Waals surface area contributed by atoms with Gasteiger partial charge in [-0.2, -0.15) is 14.6 Å². The smallest absolute Gasteiger partial charge is 0.280 e. The molecule has 6 rings (SSSR count). The number of H-pyrrole nitrogens is 1. The van der Waals surface area contributed by atoms with Gasteiger partial charge in [0.2, 0.25) is 11.9 Å². The second kappa shape index (κ2) is 10.0. The number of aromatic nitrogens is 8. The molecule has 20 heteroatoms. The average molecular weight is 599 g/mol. The second-order valence-corrected chi connectivity index (χ2v) is 12.9. The van der Waals surface area contributed by atoms with Crippen LogP contribution in [-0.2, 0) is 25.8 Å². The molecule has 8 N–H and O–H groups in total. The summed E-state index contributed by atoms with van der Waals surface area (Å²) < 4.78 is 35.4. The first-order valence-electron chi connectivity index (χ1n) is 12.0. The molecule has 0 spiro atoms. The Hall–Kier alpha value is -3.16. The summed E-state index contributed by atoms with van der Waals surface area (Å²) in [6.07, 6.45) is -3.12. The highest BCUT2D eigenvalue weighted by atomic mass is 32.5. The lowest BCUT2D eigenvalue weighted by Gasteiger charge is -2.29. The van der Waals surface area contributed by atoms with E-state index in [0.29, 0.717) is 11.2 Å². The normalized spacial score (nSPS) is 30.4. The molecule has 214 valence electrons. The van der Waals surface area contributed by atoms with Crippen LogP contribution in [-0.4, -0.2) is 97.6 Å². The lowest BCUT2D eigenvalue weighted by Crippen LogP contribution is -2.32. The van der Waals surface area contributed by atoms with Crippen molar-refractivity contribution in [1.29, 1.82) is 0 Å². The molecule has 2 fully saturated rings. The maximum atomic E-state index is 15.5. The zero-order valence-electron chi connectivity index (χ0n) is 20.4. The predicted octanol–water partition coefficient (Wildman–Crippen LogP) is -1.47. The molecule has 2 aliphatic rings. The fourth-order valence-electron chi connectivity index (χ4n) is 4.98. The van der Waals surface area contributed by atoms with Crippen LogP contribution in [0.15, 0.2) is 23.6 Å². The van der Waals surface area contributed by atoms with Crippen molar-refractivity contribution in [3.63, 3.8) is 0 Å². The van der Waals surface area contributed by atoms with Crippen LogP contribution < -0.4 is 17.0 Å². The van der Waals surface area contributed by atoms with Crippen molar-refractivity contribution in [1.82, 2.24) is 39.1 Å². The summed E-state index contributed by atoms with van der Waals surface area (Å²) in [6, 6.07) is 0. The van der Waals surface area contributed by atoms with Gasteiger partial charge in [-0.05, 0) is 11.8 Å². The maximum Gasteiger partial charge on any atom is 0.280 e. The molecular weight excluding hydrogens is 574 g/mol. The molecule has 0 bridgehead atoms. The maximum absolute atomic E-state index is 15.5. The number of ether oxygens (including phenoxy) is 2. The van der Waals surface area contributed by atoms with E-state index in [0.717, 1.165) is 0 Å². The van der Waals surface area contributed by atoms with E-state index in [4.69, 9.17) is 37.3 Å². The molecule has 0 aliphatic carbocycles. The van der Waals surface area contributed by atoms with Gasteiger partial charge in [-0.15, -0.1) is 0 Å². The second-order valence-electron chi connectivity index (χ2n) is 9.35. The fourth-order valence-corrected chi connectivity index (χ4v) is 7.44. The molecule has 8 atom stereocenters. The van der Waals surface area contributed by atoms with Crippen LogP contribution in [0.1, 0.15) is 24.3 Å². The van der Waals surface area contributed by atoms with Crippen LogP contribution in [0.4, 0.5) is 16.3 Å². The van der Waals surface area contributed by atoms with Gasteiger partial charge in [0.15, 0.2) is 29.5 Å². The number of aliphatic hydroxyl groups is 2. The molecule has 0 aromatic carbocycles. The highest BCUT2D eigenvalue weighted by Crippen LogP contribution is 2.58. The fraction of sp³-hybridized carbons (Fsp3) is 0.500. The van der Waals surface area contributed by atoms with E-state index < -0.39 is 61.1 Å². The Kier molecular flexibility index (Phi) is 6.78. The minimum atomic E-state index is -4.07. The van der Waals surface area contributed by atoms with Crippen molar-refractivity contribution < 1.29 is 33.5 Å². The molecule has 4 aromatic rings. The largest absolute Gasteiger partial charge is 0.394 e. The number of hydrogen-bond donors (Lipinski definition) is 6.